The molecule has 5 heteroatoms. The molecule has 68 valence electrons. The minimum atomic E-state index is 0.727. The van der Waals surface area contributed by atoms with Gasteiger partial charge in [0.25, 0.3) is 0 Å². The average molecular weight is 214 g/mol. The molecule has 0 amide bonds. The molecule has 13 heavy (non-hydrogen) atoms. The lowest BCUT2D eigenvalue weighted by Crippen LogP contribution is -1.87. The van der Waals surface area contributed by atoms with Crippen LogP contribution < -0.4 is 0 Å². The molecule has 0 aliphatic rings. The molecule has 2 heterocycles. The fourth-order valence-electron chi connectivity index (χ4n) is 1.14. The maximum atomic E-state index is 5.86. The standard InChI is InChI=1S/C8H8ClN3S/c1-5-10-11-8(13-5)7-3-6(9)4-12(7)2/h3-4H,1-2H3. The molecule has 0 aromatic carbocycles. The predicted molar refractivity (Wildman–Crippen MR) is 54.1 cm³/mol. The highest BCUT2D eigenvalue weighted by Crippen LogP contribution is 2.26. The Kier molecular flexibility index (Phi) is 2.09. The third kappa shape index (κ3) is 1.59. The van der Waals surface area contributed by atoms with Gasteiger partial charge in [0.1, 0.15) is 5.01 Å². The maximum absolute atomic E-state index is 5.86. The number of aromatic nitrogens is 3. The van der Waals surface area contributed by atoms with E-state index in [9.17, 15) is 0 Å². The van der Waals surface area contributed by atoms with E-state index in [0.29, 0.717) is 0 Å². The quantitative estimate of drug-likeness (QED) is 0.729. The van der Waals surface area contributed by atoms with Gasteiger partial charge in [-0.25, -0.2) is 0 Å². The van der Waals surface area contributed by atoms with E-state index in [1.807, 2.05) is 30.8 Å². The largest absolute Gasteiger partial charge is 0.347 e. The van der Waals surface area contributed by atoms with Crippen LogP contribution >= 0.6 is 22.9 Å². The van der Waals surface area contributed by atoms with Gasteiger partial charge in [0, 0.05) is 13.2 Å². The number of aryl methyl sites for hydroxylation is 2. The van der Waals surface area contributed by atoms with Crippen LogP contribution in [-0.4, -0.2) is 14.8 Å². The zero-order valence-corrected chi connectivity index (χ0v) is 8.85. The Morgan fingerprint density at radius 3 is 2.69 bits per heavy atom. The Bertz CT molecular complexity index is 432. The maximum Gasteiger partial charge on any atom is 0.164 e. The van der Waals surface area contributed by atoms with E-state index in [1.165, 1.54) is 0 Å². The molecule has 0 aliphatic carbocycles. The highest BCUT2D eigenvalue weighted by Gasteiger charge is 2.08. The lowest BCUT2D eigenvalue weighted by molar-refractivity contribution is 0.927. The third-order valence-corrected chi connectivity index (χ3v) is 2.78. The first kappa shape index (κ1) is 8.72. The van der Waals surface area contributed by atoms with Crippen LogP contribution in [0.25, 0.3) is 10.7 Å². The summed E-state index contributed by atoms with van der Waals surface area (Å²) in [5.74, 6) is 0. The molecule has 0 saturated heterocycles. The number of hydrogen-bond donors (Lipinski definition) is 0. The van der Waals surface area contributed by atoms with Crippen molar-refractivity contribution in [3.63, 3.8) is 0 Å². The van der Waals surface area contributed by atoms with Gasteiger partial charge >= 0.3 is 0 Å². The highest BCUT2D eigenvalue weighted by molar-refractivity contribution is 7.14. The zero-order chi connectivity index (χ0) is 9.42. The number of halogens is 1. The van der Waals surface area contributed by atoms with Crippen LogP contribution in [-0.2, 0) is 7.05 Å². The van der Waals surface area contributed by atoms with Crippen molar-refractivity contribution in [1.82, 2.24) is 14.8 Å². The van der Waals surface area contributed by atoms with E-state index in [4.69, 9.17) is 11.6 Å². The van der Waals surface area contributed by atoms with E-state index in [1.54, 1.807) is 11.3 Å². The molecular formula is C8H8ClN3S. The van der Waals surface area contributed by atoms with Gasteiger partial charge in [0.2, 0.25) is 0 Å². The monoisotopic (exact) mass is 213 g/mol. The summed E-state index contributed by atoms with van der Waals surface area (Å²) in [7, 11) is 1.94. The molecule has 0 spiro atoms. The van der Waals surface area contributed by atoms with Crippen molar-refractivity contribution in [2.45, 2.75) is 6.92 Å². The van der Waals surface area contributed by atoms with E-state index >= 15 is 0 Å². The van der Waals surface area contributed by atoms with Crippen molar-refractivity contribution >= 4 is 22.9 Å². The summed E-state index contributed by atoms with van der Waals surface area (Å²) in [5, 5.41) is 10.6. The van der Waals surface area contributed by atoms with Crippen molar-refractivity contribution in [2.75, 3.05) is 0 Å². The summed E-state index contributed by atoms with van der Waals surface area (Å²) < 4.78 is 1.95. The molecule has 2 rings (SSSR count). The second-order valence-electron chi connectivity index (χ2n) is 2.78. The van der Waals surface area contributed by atoms with Crippen molar-refractivity contribution in [3.05, 3.63) is 22.3 Å². The van der Waals surface area contributed by atoms with E-state index in [0.717, 1.165) is 20.7 Å². The molecule has 0 fully saturated rings. The van der Waals surface area contributed by atoms with Gasteiger partial charge in [0.05, 0.1) is 10.7 Å². The van der Waals surface area contributed by atoms with Gasteiger partial charge in [-0.3, -0.25) is 0 Å². The lowest BCUT2D eigenvalue weighted by atomic mass is 10.4. The SMILES string of the molecule is Cc1nnc(-c2cc(Cl)cn2C)s1. The van der Waals surface area contributed by atoms with E-state index in [2.05, 4.69) is 10.2 Å². The van der Waals surface area contributed by atoms with Gasteiger partial charge in [-0.1, -0.05) is 22.9 Å². The Morgan fingerprint density at radius 2 is 2.23 bits per heavy atom. The molecule has 0 atom stereocenters. The number of rotatable bonds is 1. The Balaban J connectivity index is 2.51. The fourth-order valence-corrected chi connectivity index (χ4v) is 2.14. The van der Waals surface area contributed by atoms with Crippen LogP contribution in [0.2, 0.25) is 5.02 Å². The van der Waals surface area contributed by atoms with Crippen LogP contribution in [0, 0.1) is 6.92 Å². The van der Waals surface area contributed by atoms with Crippen molar-refractivity contribution in [3.8, 4) is 10.7 Å². The minimum absolute atomic E-state index is 0.727. The van der Waals surface area contributed by atoms with Gasteiger partial charge < -0.3 is 4.57 Å². The van der Waals surface area contributed by atoms with E-state index in [-0.39, 0.29) is 0 Å². The van der Waals surface area contributed by atoms with Gasteiger partial charge in [-0.2, -0.15) is 0 Å². The van der Waals surface area contributed by atoms with E-state index < -0.39 is 0 Å². The second kappa shape index (κ2) is 3.12. The first-order chi connectivity index (χ1) is 6.16. The summed E-state index contributed by atoms with van der Waals surface area (Å²) in [4.78, 5) is 0. The Morgan fingerprint density at radius 1 is 1.46 bits per heavy atom. The summed E-state index contributed by atoms with van der Waals surface area (Å²) in [6.45, 7) is 1.94. The van der Waals surface area contributed by atoms with Crippen LogP contribution in [0.4, 0.5) is 0 Å². The average Bonchev–Trinajstić information content (AvgIpc) is 2.58. The molecule has 0 aliphatic heterocycles. The molecule has 0 saturated carbocycles. The summed E-state index contributed by atoms with van der Waals surface area (Å²) in [6.07, 6.45) is 1.85. The zero-order valence-electron chi connectivity index (χ0n) is 7.28. The molecule has 0 radical (unpaired) electrons. The first-order valence-corrected chi connectivity index (χ1v) is 4.98. The highest BCUT2D eigenvalue weighted by atomic mass is 35.5. The topological polar surface area (TPSA) is 30.7 Å². The fraction of sp³-hybridized carbons (Fsp3) is 0.250. The smallest absolute Gasteiger partial charge is 0.164 e. The number of hydrogen-bond acceptors (Lipinski definition) is 3. The first-order valence-electron chi connectivity index (χ1n) is 3.79. The summed E-state index contributed by atoms with van der Waals surface area (Å²) >= 11 is 7.42. The Labute approximate surface area is 85.0 Å². The van der Waals surface area contributed by atoms with Crippen molar-refractivity contribution < 1.29 is 0 Å². The molecule has 0 unspecified atom stereocenters. The predicted octanol–water partition coefficient (Wildman–Crippen LogP) is 2.51. The van der Waals surface area contributed by atoms with Gasteiger partial charge in [0.15, 0.2) is 5.01 Å². The Hall–Kier alpha value is -0.870. The number of nitrogens with zero attached hydrogens (tertiary/aromatic N) is 3. The molecule has 0 N–H and O–H groups in total. The molecule has 0 bridgehead atoms. The van der Waals surface area contributed by atoms with Crippen LogP contribution in [0.15, 0.2) is 12.3 Å². The summed E-state index contributed by atoms with van der Waals surface area (Å²) in [5.41, 5.74) is 1.01. The van der Waals surface area contributed by atoms with Gasteiger partial charge in [-0.15, -0.1) is 10.2 Å². The van der Waals surface area contributed by atoms with Gasteiger partial charge in [-0.05, 0) is 13.0 Å². The molecular weight excluding hydrogens is 206 g/mol. The minimum Gasteiger partial charge on any atom is -0.347 e. The van der Waals surface area contributed by atoms with Crippen molar-refractivity contribution in [1.29, 1.82) is 0 Å². The molecule has 2 aromatic rings. The van der Waals surface area contributed by atoms with Crippen LogP contribution in [0.3, 0.4) is 0 Å². The molecule has 3 nitrogen and oxygen atoms in total. The van der Waals surface area contributed by atoms with Crippen LogP contribution in [0.5, 0.6) is 0 Å². The second-order valence-corrected chi connectivity index (χ2v) is 4.40. The normalized spacial score (nSPS) is 10.7. The lowest BCUT2D eigenvalue weighted by Gasteiger charge is -1.95. The van der Waals surface area contributed by atoms with Crippen LogP contribution in [0.1, 0.15) is 5.01 Å². The molecule has 2 aromatic heterocycles. The summed E-state index contributed by atoms with van der Waals surface area (Å²) in [6, 6.07) is 1.89. The van der Waals surface area contributed by atoms with Crippen molar-refractivity contribution in [2.24, 2.45) is 7.05 Å². The third-order valence-electron chi connectivity index (χ3n) is 1.72.